The van der Waals surface area contributed by atoms with Crippen LogP contribution in [0.25, 0.3) is 11.1 Å². The largest absolute Gasteiger partial charge is 0.487 e. The second-order valence-corrected chi connectivity index (χ2v) is 7.12. The van der Waals surface area contributed by atoms with Crippen molar-refractivity contribution in [3.05, 3.63) is 58.8 Å². The fraction of sp³-hybridized carbons (Fsp3) is 0.318. The first kappa shape index (κ1) is 20.4. The summed E-state index contributed by atoms with van der Waals surface area (Å²) in [5, 5.41) is 2.66. The van der Waals surface area contributed by atoms with E-state index in [0.29, 0.717) is 18.0 Å². The van der Waals surface area contributed by atoms with E-state index in [1.54, 1.807) is 12.1 Å². The van der Waals surface area contributed by atoms with Gasteiger partial charge in [0, 0.05) is 12.6 Å². The van der Waals surface area contributed by atoms with Crippen LogP contribution in [0.15, 0.2) is 53.3 Å². The Labute approximate surface area is 169 Å². The molecule has 2 amide bonds. The van der Waals surface area contributed by atoms with E-state index >= 15 is 0 Å². The van der Waals surface area contributed by atoms with Gasteiger partial charge in [0.1, 0.15) is 6.10 Å². The summed E-state index contributed by atoms with van der Waals surface area (Å²) in [6.07, 6.45) is -0.901. The van der Waals surface area contributed by atoms with Crippen molar-refractivity contribution in [1.29, 1.82) is 0 Å². The number of ether oxygens (including phenoxy) is 2. The molecule has 0 aliphatic carbocycles. The van der Waals surface area contributed by atoms with Crippen LogP contribution in [-0.2, 0) is 9.53 Å². The number of hydrogen-bond acceptors (Lipinski definition) is 5. The van der Waals surface area contributed by atoms with E-state index in [9.17, 15) is 14.4 Å². The summed E-state index contributed by atoms with van der Waals surface area (Å²) in [6, 6.07) is 14.2. The smallest absolute Gasteiger partial charge is 0.414 e. The second-order valence-electron chi connectivity index (χ2n) is 7.12. The standard InChI is InChI=1S/C22H24N2O5/c1-14(2)28-21-11-7-17(6-10-20(21)26)16-4-8-18(9-5-16)24-13-19(29-22(24)27)12-23-15(3)25/h4-11,14,19H,12-13H2,1-3H3,(H,23,25). The molecular formula is C22H24N2O5. The quantitative estimate of drug-likeness (QED) is 0.811. The average molecular weight is 396 g/mol. The lowest BCUT2D eigenvalue weighted by Gasteiger charge is -2.13. The molecule has 1 unspecified atom stereocenters. The number of nitrogens with zero attached hydrogens (tertiary/aromatic N) is 1. The first-order valence-corrected chi connectivity index (χ1v) is 9.47. The highest BCUT2D eigenvalue weighted by atomic mass is 16.6. The van der Waals surface area contributed by atoms with Crippen molar-refractivity contribution in [2.45, 2.75) is 33.0 Å². The molecule has 0 bridgehead atoms. The van der Waals surface area contributed by atoms with Gasteiger partial charge in [-0.1, -0.05) is 24.3 Å². The SMILES string of the molecule is CC(=O)NCC1CN(c2ccc(-c3ccc(OC(C)C)c(=O)cc3)cc2)C(=O)O1. The Morgan fingerprint density at radius 1 is 1.10 bits per heavy atom. The molecule has 2 aromatic carbocycles. The van der Waals surface area contributed by atoms with Crippen molar-refractivity contribution < 1.29 is 19.1 Å². The van der Waals surface area contributed by atoms with Crippen molar-refractivity contribution in [3.8, 4) is 16.9 Å². The van der Waals surface area contributed by atoms with Crippen LogP contribution >= 0.6 is 0 Å². The minimum Gasteiger partial charge on any atom is -0.487 e. The highest BCUT2D eigenvalue weighted by Crippen LogP contribution is 2.26. The lowest BCUT2D eigenvalue weighted by Crippen LogP contribution is -2.33. The third-order valence-electron chi connectivity index (χ3n) is 4.40. The van der Waals surface area contributed by atoms with Crippen LogP contribution in [0, 0.1) is 0 Å². The predicted octanol–water partition coefficient (Wildman–Crippen LogP) is 2.96. The highest BCUT2D eigenvalue weighted by molar-refractivity contribution is 5.90. The van der Waals surface area contributed by atoms with Gasteiger partial charge in [-0.2, -0.15) is 0 Å². The number of cyclic esters (lactones) is 1. The molecule has 1 aliphatic heterocycles. The number of benzene rings is 1. The van der Waals surface area contributed by atoms with Gasteiger partial charge in [0.05, 0.1) is 19.2 Å². The van der Waals surface area contributed by atoms with Gasteiger partial charge in [-0.15, -0.1) is 0 Å². The van der Waals surface area contributed by atoms with E-state index in [0.717, 1.165) is 11.1 Å². The molecule has 0 spiro atoms. The molecule has 1 heterocycles. The zero-order valence-electron chi connectivity index (χ0n) is 16.7. The summed E-state index contributed by atoms with van der Waals surface area (Å²) in [7, 11) is 0. The summed E-state index contributed by atoms with van der Waals surface area (Å²) >= 11 is 0. The van der Waals surface area contributed by atoms with Gasteiger partial charge in [-0.25, -0.2) is 4.79 Å². The van der Waals surface area contributed by atoms with Gasteiger partial charge in [-0.05, 0) is 49.2 Å². The first-order valence-electron chi connectivity index (χ1n) is 9.47. The maximum Gasteiger partial charge on any atom is 0.414 e. The number of carbonyl (C=O) groups excluding carboxylic acids is 2. The summed E-state index contributed by atoms with van der Waals surface area (Å²) in [4.78, 5) is 36.8. The molecule has 0 radical (unpaired) electrons. The molecule has 1 aliphatic rings. The minimum atomic E-state index is -0.439. The Bertz CT molecular complexity index is 956. The predicted molar refractivity (Wildman–Crippen MR) is 110 cm³/mol. The van der Waals surface area contributed by atoms with E-state index in [-0.39, 0.29) is 30.1 Å². The number of amides is 2. The van der Waals surface area contributed by atoms with Gasteiger partial charge in [0.2, 0.25) is 11.3 Å². The van der Waals surface area contributed by atoms with Crippen molar-refractivity contribution >= 4 is 17.7 Å². The molecule has 1 fully saturated rings. The lowest BCUT2D eigenvalue weighted by atomic mass is 10.1. The van der Waals surface area contributed by atoms with Crippen LogP contribution in [0.1, 0.15) is 20.8 Å². The van der Waals surface area contributed by atoms with Gasteiger partial charge in [-0.3, -0.25) is 14.5 Å². The molecular weight excluding hydrogens is 372 g/mol. The maximum absolute atomic E-state index is 12.1. The Kier molecular flexibility index (Phi) is 6.16. The minimum absolute atomic E-state index is 0.0810. The number of rotatable bonds is 6. The Hall–Kier alpha value is -3.35. The van der Waals surface area contributed by atoms with Gasteiger partial charge < -0.3 is 14.8 Å². The molecule has 152 valence electrons. The van der Waals surface area contributed by atoms with Crippen LogP contribution < -0.4 is 20.4 Å². The molecule has 1 atom stereocenters. The van der Waals surface area contributed by atoms with E-state index in [1.165, 1.54) is 17.9 Å². The third kappa shape index (κ3) is 5.13. The summed E-state index contributed by atoms with van der Waals surface area (Å²) in [5.74, 6) is 0.149. The highest BCUT2D eigenvalue weighted by Gasteiger charge is 2.32. The molecule has 3 rings (SSSR count). The Balaban J connectivity index is 1.75. The summed E-state index contributed by atoms with van der Waals surface area (Å²) in [6.45, 7) is 5.82. The maximum atomic E-state index is 12.1. The lowest BCUT2D eigenvalue weighted by molar-refractivity contribution is -0.119. The average Bonchev–Trinajstić information content (AvgIpc) is 2.96. The molecule has 7 heteroatoms. The van der Waals surface area contributed by atoms with Crippen molar-refractivity contribution in [3.63, 3.8) is 0 Å². The number of nitrogens with one attached hydrogen (secondary N) is 1. The monoisotopic (exact) mass is 396 g/mol. The van der Waals surface area contributed by atoms with Crippen LogP contribution in [-0.4, -0.2) is 37.3 Å². The number of carbonyl (C=O) groups is 2. The van der Waals surface area contributed by atoms with Gasteiger partial charge in [0.15, 0.2) is 5.75 Å². The fourth-order valence-corrected chi connectivity index (χ4v) is 3.02. The van der Waals surface area contributed by atoms with Crippen LogP contribution in [0.4, 0.5) is 10.5 Å². The zero-order chi connectivity index (χ0) is 21.0. The van der Waals surface area contributed by atoms with Crippen molar-refractivity contribution in [2.24, 2.45) is 0 Å². The molecule has 0 aromatic heterocycles. The molecule has 7 nitrogen and oxygen atoms in total. The normalized spacial score (nSPS) is 15.9. The molecule has 29 heavy (non-hydrogen) atoms. The molecule has 1 saturated heterocycles. The third-order valence-corrected chi connectivity index (χ3v) is 4.40. The number of hydrogen-bond donors (Lipinski definition) is 1. The van der Waals surface area contributed by atoms with E-state index in [4.69, 9.17) is 9.47 Å². The van der Waals surface area contributed by atoms with Crippen LogP contribution in [0.2, 0.25) is 0 Å². The molecule has 1 N–H and O–H groups in total. The van der Waals surface area contributed by atoms with E-state index < -0.39 is 6.09 Å². The van der Waals surface area contributed by atoms with Gasteiger partial charge >= 0.3 is 6.09 Å². The van der Waals surface area contributed by atoms with Crippen LogP contribution in [0.5, 0.6) is 5.75 Å². The first-order chi connectivity index (χ1) is 13.8. The fourth-order valence-electron chi connectivity index (χ4n) is 3.02. The molecule has 2 aromatic rings. The second kappa shape index (κ2) is 8.77. The van der Waals surface area contributed by atoms with E-state index in [2.05, 4.69) is 5.32 Å². The zero-order valence-corrected chi connectivity index (χ0v) is 16.7. The summed E-state index contributed by atoms with van der Waals surface area (Å²) in [5.41, 5.74) is 2.30. The Morgan fingerprint density at radius 3 is 2.34 bits per heavy atom. The Morgan fingerprint density at radius 2 is 1.72 bits per heavy atom. The topological polar surface area (TPSA) is 84.9 Å². The van der Waals surface area contributed by atoms with Crippen LogP contribution in [0.3, 0.4) is 0 Å². The van der Waals surface area contributed by atoms with E-state index in [1.807, 2.05) is 44.2 Å². The summed E-state index contributed by atoms with van der Waals surface area (Å²) < 4.78 is 10.8. The molecule has 0 saturated carbocycles. The number of anilines is 1. The van der Waals surface area contributed by atoms with Crippen molar-refractivity contribution in [1.82, 2.24) is 5.32 Å². The van der Waals surface area contributed by atoms with Crippen molar-refractivity contribution in [2.75, 3.05) is 18.0 Å². The van der Waals surface area contributed by atoms with Gasteiger partial charge in [0.25, 0.3) is 0 Å².